The number of fused-ring (bicyclic) bond motifs is 2. The van der Waals surface area contributed by atoms with Crippen molar-refractivity contribution in [3.05, 3.63) is 68.7 Å². The van der Waals surface area contributed by atoms with E-state index in [4.69, 9.17) is 16.3 Å². The molecular formula is C21H16ClFN2O6. The Morgan fingerprint density at radius 3 is 2.71 bits per heavy atom. The average molecular weight is 447 g/mol. The zero-order valence-corrected chi connectivity index (χ0v) is 16.7. The highest BCUT2D eigenvalue weighted by atomic mass is 35.5. The summed E-state index contributed by atoms with van der Waals surface area (Å²) in [6.45, 7) is 0.299. The van der Waals surface area contributed by atoms with Gasteiger partial charge in [-0.15, -0.1) is 0 Å². The monoisotopic (exact) mass is 446 g/mol. The summed E-state index contributed by atoms with van der Waals surface area (Å²) >= 11 is 5.87. The summed E-state index contributed by atoms with van der Waals surface area (Å²) in [4.78, 5) is 37.3. The predicted molar refractivity (Wildman–Crippen MR) is 111 cm³/mol. The standard InChI is InChI=1S/C21H16ClFN2O6/c22-14-3-1-2-11(19(14)23)8-24-4-5-31-17-7-15-12(6-16(17)24)20(28)13(21(29)30)9-25(15)10-18(26)27/h1-3,6-7,9H,4-5,8,10H2,(H,26,27)(H,29,30). The molecule has 1 aliphatic rings. The largest absolute Gasteiger partial charge is 0.489 e. The number of halogens is 2. The van der Waals surface area contributed by atoms with Gasteiger partial charge in [0.25, 0.3) is 0 Å². The fourth-order valence-electron chi connectivity index (χ4n) is 3.62. The highest BCUT2D eigenvalue weighted by Gasteiger charge is 2.24. The van der Waals surface area contributed by atoms with Gasteiger partial charge in [-0.05, 0) is 12.1 Å². The molecule has 0 atom stereocenters. The smallest absolute Gasteiger partial charge is 0.341 e. The van der Waals surface area contributed by atoms with Gasteiger partial charge in [0.15, 0.2) is 0 Å². The highest BCUT2D eigenvalue weighted by molar-refractivity contribution is 6.30. The summed E-state index contributed by atoms with van der Waals surface area (Å²) in [5, 5.41) is 18.6. The summed E-state index contributed by atoms with van der Waals surface area (Å²) in [7, 11) is 0. The van der Waals surface area contributed by atoms with Gasteiger partial charge in [-0.3, -0.25) is 9.59 Å². The van der Waals surface area contributed by atoms with Gasteiger partial charge in [0.05, 0.1) is 22.8 Å². The zero-order chi connectivity index (χ0) is 22.3. The summed E-state index contributed by atoms with van der Waals surface area (Å²) in [6.07, 6.45) is 1.01. The van der Waals surface area contributed by atoms with E-state index in [1.54, 1.807) is 17.0 Å². The number of nitrogens with zero attached hydrogens (tertiary/aromatic N) is 2. The van der Waals surface area contributed by atoms with E-state index in [1.165, 1.54) is 22.8 Å². The topological polar surface area (TPSA) is 109 Å². The number of benzene rings is 2. The van der Waals surface area contributed by atoms with E-state index >= 15 is 0 Å². The van der Waals surface area contributed by atoms with Crippen LogP contribution in [0.2, 0.25) is 5.02 Å². The van der Waals surface area contributed by atoms with Crippen molar-refractivity contribution in [2.45, 2.75) is 13.1 Å². The molecule has 0 aliphatic carbocycles. The first-order valence-electron chi connectivity index (χ1n) is 9.23. The molecule has 0 saturated carbocycles. The van der Waals surface area contributed by atoms with Crippen LogP contribution in [-0.2, 0) is 17.9 Å². The molecular weight excluding hydrogens is 431 g/mol. The summed E-state index contributed by atoms with van der Waals surface area (Å²) in [6, 6.07) is 7.63. The maximum absolute atomic E-state index is 14.4. The third-order valence-corrected chi connectivity index (χ3v) is 5.34. The maximum Gasteiger partial charge on any atom is 0.341 e. The minimum Gasteiger partial charge on any atom is -0.489 e. The van der Waals surface area contributed by atoms with Crippen LogP contribution >= 0.6 is 11.6 Å². The van der Waals surface area contributed by atoms with E-state index < -0.39 is 35.3 Å². The number of aromatic carboxylic acids is 1. The van der Waals surface area contributed by atoms with Crippen LogP contribution in [0, 0.1) is 5.82 Å². The van der Waals surface area contributed by atoms with Gasteiger partial charge in [-0.25, -0.2) is 9.18 Å². The molecule has 2 aromatic carbocycles. The molecule has 4 rings (SSSR count). The zero-order valence-electron chi connectivity index (χ0n) is 16.0. The molecule has 0 saturated heterocycles. The SMILES string of the molecule is O=C(O)Cn1cc(C(=O)O)c(=O)c2cc3c(cc21)OCCN3Cc1cccc(Cl)c1F. The van der Waals surface area contributed by atoms with Gasteiger partial charge in [-0.1, -0.05) is 23.7 Å². The number of rotatable bonds is 5. The molecule has 2 heterocycles. The molecule has 3 aromatic rings. The fraction of sp³-hybridized carbons (Fsp3) is 0.190. The molecule has 1 aromatic heterocycles. The van der Waals surface area contributed by atoms with Gasteiger partial charge in [-0.2, -0.15) is 0 Å². The van der Waals surface area contributed by atoms with Gasteiger partial charge >= 0.3 is 11.9 Å². The van der Waals surface area contributed by atoms with Crippen LogP contribution < -0.4 is 15.1 Å². The Hall–Kier alpha value is -3.59. The fourth-order valence-corrected chi connectivity index (χ4v) is 3.82. The Morgan fingerprint density at radius 1 is 1.23 bits per heavy atom. The number of hydrogen-bond acceptors (Lipinski definition) is 5. The molecule has 160 valence electrons. The number of carboxylic acid groups (broad SMARTS) is 2. The molecule has 0 bridgehead atoms. The second-order valence-electron chi connectivity index (χ2n) is 7.02. The number of ether oxygens (including phenoxy) is 1. The molecule has 0 fully saturated rings. The van der Waals surface area contributed by atoms with Gasteiger partial charge < -0.3 is 24.4 Å². The summed E-state index contributed by atoms with van der Waals surface area (Å²) in [5.41, 5.74) is -0.237. The molecule has 8 nitrogen and oxygen atoms in total. The lowest BCUT2D eigenvalue weighted by molar-refractivity contribution is -0.137. The highest BCUT2D eigenvalue weighted by Crippen LogP contribution is 2.36. The molecule has 0 unspecified atom stereocenters. The average Bonchev–Trinajstić information content (AvgIpc) is 2.72. The van der Waals surface area contributed by atoms with Gasteiger partial charge in [0.1, 0.15) is 30.3 Å². The Kier molecular flexibility index (Phi) is 5.28. The molecule has 1 aliphatic heterocycles. The van der Waals surface area contributed by atoms with E-state index in [9.17, 15) is 29.0 Å². The molecule has 0 amide bonds. The van der Waals surface area contributed by atoms with E-state index in [0.29, 0.717) is 23.5 Å². The van der Waals surface area contributed by atoms with Crippen LogP contribution in [0.1, 0.15) is 15.9 Å². The number of carbonyl (C=O) groups is 2. The number of aromatic nitrogens is 1. The second kappa shape index (κ2) is 7.92. The van der Waals surface area contributed by atoms with E-state index in [1.807, 2.05) is 0 Å². The van der Waals surface area contributed by atoms with Crippen molar-refractivity contribution in [1.29, 1.82) is 0 Å². The van der Waals surface area contributed by atoms with Crippen LogP contribution in [0.25, 0.3) is 10.9 Å². The molecule has 2 N–H and O–H groups in total. The van der Waals surface area contributed by atoms with Crippen molar-refractivity contribution in [3.63, 3.8) is 0 Å². The number of hydrogen-bond donors (Lipinski definition) is 2. The first-order valence-corrected chi connectivity index (χ1v) is 9.61. The van der Waals surface area contributed by atoms with Crippen LogP contribution in [0.5, 0.6) is 5.75 Å². The maximum atomic E-state index is 14.4. The summed E-state index contributed by atoms with van der Waals surface area (Å²) in [5.74, 6) is -2.83. The third kappa shape index (κ3) is 3.79. The van der Waals surface area contributed by atoms with Crippen molar-refractivity contribution in [3.8, 4) is 5.75 Å². The Bertz CT molecular complexity index is 1290. The van der Waals surface area contributed by atoms with E-state index in [-0.39, 0.29) is 29.1 Å². The third-order valence-electron chi connectivity index (χ3n) is 5.05. The number of aliphatic carboxylic acids is 1. The number of pyridine rings is 1. The minimum atomic E-state index is -1.46. The van der Waals surface area contributed by atoms with Crippen LogP contribution in [0.4, 0.5) is 10.1 Å². The van der Waals surface area contributed by atoms with Crippen molar-refractivity contribution in [1.82, 2.24) is 4.57 Å². The van der Waals surface area contributed by atoms with Crippen LogP contribution in [0.15, 0.2) is 41.3 Å². The van der Waals surface area contributed by atoms with Crippen molar-refractivity contribution < 1.29 is 28.9 Å². The first kappa shape index (κ1) is 20.7. The molecule has 0 radical (unpaired) electrons. The Labute approximate surface area is 179 Å². The van der Waals surface area contributed by atoms with Crippen LogP contribution in [-0.4, -0.2) is 39.9 Å². The van der Waals surface area contributed by atoms with E-state index in [2.05, 4.69) is 0 Å². The normalized spacial score (nSPS) is 13.0. The van der Waals surface area contributed by atoms with Gasteiger partial charge in [0, 0.05) is 29.8 Å². The van der Waals surface area contributed by atoms with Crippen molar-refractivity contribution >= 4 is 40.1 Å². The lowest BCUT2D eigenvalue weighted by Crippen LogP contribution is -2.33. The number of anilines is 1. The van der Waals surface area contributed by atoms with E-state index in [0.717, 1.165) is 6.20 Å². The predicted octanol–water partition coefficient (Wildman–Crippen LogP) is 2.98. The van der Waals surface area contributed by atoms with Crippen molar-refractivity contribution in [2.24, 2.45) is 0 Å². The number of carboxylic acids is 2. The minimum absolute atomic E-state index is 0.00727. The molecule has 0 spiro atoms. The van der Waals surface area contributed by atoms with Crippen molar-refractivity contribution in [2.75, 3.05) is 18.1 Å². The molecule has 10 heteroatoms. The van der Waals surface area contributed by atoms with Crippen LogP contribution in [0.3, 0.4) is 0 Å². The Balaban J connectivity index is 1.88. The lowest BCUT2D eigenvalue weighted by atomic mass is 10.1. The lowest BCUT2D eigenvalue weighted by Gasteiger charge is -2.32. The first-order chi connectivity index (χ1) is 14.8. The molecule has 31 heavy (non-hydrogen) atoms. The van der Waals surface area contributed by atoms with Gasteiger partial charge in [0.2, 0.25) is 5.43 Å². The Morgan fingerprint density at radius 2 is 2.00 bits per heavy atom. The summed E-state index contributed by atoms with van der Waals surface area (Å²) < 4.78 is 21.3. The quantitative estimate of drug-likeness (QED) is 0.620. The second-order valence-corrected chi connectivity index (χ2v) is 7.43.